The molecule has 0 spiro atoms. The number of rotatable bonds is 5. The second-order valence-corrected chi connectivity index (χ2v) is 4.88. The average Bonchev–Trinajstić information content (AvgIpc) is 2.94. The van der Waals surface area contributed by atoms with Crippen molar-refractivity contribution in [3.63, 3.8) is 0 Å². The van der Waals surface area contributed by atoms with Crippen molar-refractivity contribution in [2.75, 3.05) is 6.54 Å². The van der Waals surface area contributed by atoms with Crippen LogP contribution in [0.2, 0.25) is 0 Å². The van der Waals surface area contributed by atoms with Gasteiger partial charge in [-0.3, -0.25) is 0 Å². The van der Waals surface area contributed by atoms with Crippen molar-refractivity contribution in [2.45, 2.75) is 32.5 Å². The Labute approximate surface area is 121 Å². The van der Waals surface area contributed by atoms with Crippen molar-refractivity contribution in [3.8, 4) is 5.69 Å². The highest BCUT2D eigenvalue weighted by atomic mass is 19.4. The molecule has 0 amide bonds. The van der Waals surface area contributed by atoms with Gasteiger partial charge in [0.2, 0.25) is 0 Å². The largest absolute Gasteiger partial charge is 0.435 e. The van der Waals surface area contributed by atoms with Crippen molar-refractivity contribution in [1.82, 2.24) is 15.1 Å². The molecule has 0 saturated heterocycles. The minimum Gasteiger partial charge on any atom is -0.310 e. The number of benzene rings is 1. The zero-order valence-electron chi connectivity index (χ0n) is 12.0. The lowest BCUT2D eigenvalue weighted by Crippen LogP contribution is -2.21. The molecule has 3 nitrogen and oxygen atoms in total. The Morgan fingerprint density at radius 1 is 1.24 bits per heavy atom. The molecule has 1 heterocycles. The van der Waals surface area contributed by atoms with E-state index in [1.165, 1.54) is 10.9 Å². The van der Waals surface area contributed by atoms with E-state index in [4.69, 9.17) is 0 Å². The first kappa shape index (κ1) is 15.6. The summed E-state index contributed by atoms with van der Waals surface area (Å²) in [6.07, 6.45) is -2.09. The average molecular weight is 297 g/mol. The van der Waals surface area contributed by atoms with Gasteiger partial charge >= 0.3 is 6.18 Å². The second-order valence-electron chi connectivity index (χ2n) is 4.88. The topological polar surface area (TPSA) is 29.9 Å². The molecule has 2 rings (SSSR count). The summed E-state index contributed by atoms with van der Waals surface area (Å²) in [6.45, 7) is 4.90. The molecule has 21 heavy (non-hydrogen) atoms. The summed E-state index contributed by atoms with van der Waals surface area (Å²) in [5.74, 6) is 0. The van der Waals surface area contributed by atoms with E-state index >= 15 is 0 Å². The van der Waals surface area contributed by atoms with Crippen molar-refractivity contribution >= 4 is 0 Å². The van der Waals surface area contributed by atoms with Crippen LogP contribution in [-0.2, 0) is 6.18 Å². The summed E-state index contributed by atoms with van der Waals surface area (Å²) >= 11 is 0. The fourth-order valence-corrected chi connectivity index (χ4v) is 2.14. The lowest BCUT2D eigenvalue weighted by molar-refractivity contribution is -0.141. The van der Waals surface area contributed by atoms with Crippen LogP contribution in [0.1, 0.15) is 37.6 Å². The molecular weight excluding hydrogens is 279 g/mol. The highest BCUT2D eigenvalue weighted by Gasteiger charge is 2.33. The molecule has 6 heteroatoms. The van der Waals surface area contributed by atoms with Gasteiger partial charge in [0.1, 0.15) is 0 Å². The Morgan fingerprint density at radius 3 is 2.57 bits per heavy atom. The van der Waals surface area contributed by atoms with Crippen molar-refractivity contribution < 1.29 is 13.2 Å². The van der Waals surface area contributed by atoms with Gasteiger partial charge in [-0.1, -0.05) is 25.1 Å². The molecular formula is C15H18F3N3. The first-order valence-corrected chi connectivity index (χ1v) is 6.89. The highest BCUT2D eigenvalue weighted by molar-refractivity contribution is 5.42. The monoisotopic (exact) mass is 297 g/mol. The summed E-state index contributed by atoms with van der Waals surface area (Å²) in [6, 6.07) is 8.36. The number of halogens is 3. The van der Waals surface area contributed by atoms with E-state index in [0.29, 0.717) is 5.69 Å². The van der Waals surface area contributed by atoms with Crippen LogP contribution >= 0.6 is 0 Å². The van der Waals surface area contributed by atoms with Gasteiger partial charge in [-0.2, -0.15) is 18.3 Å². The number of nitrogens with zero attached hydrogens (tertiary/aromatic N) is 2. The summed E-state index contributed by atoms with van der Waals surface area (Å²) in [5, 5.41) is 6.97. The number of para-hydroxylation sites is 1. The highest BCUT2D eigenvalue weighted by Crippen LogP contribution is 2.29. The van der Waals surface area contributed by atoms with Crippen LogP contribution in [0.25, 0.3) is 5.69 Å². The molecule has 0 fully saturated rings. The molecule has 2 aromatic rings. The van der Waals surface area contributed by atoms with Crippen molar-refractivity contribution in [1.29, 1.82) is 0 Å². The molecule has 0 bridgehead atoms. The third-order valence-corrected chi connectivity index (χ3v) is 3.23. The van der Waals surface area contributed by atoms with E-state index in [2.05, 4.69) is 17.3 Å². The smallest absolute Gasteiger partial charge is 0.310 e. The fraction of sp³-hybridized carbons (Fsp3) is 0.400. The van der Waals surface area contributed by atoms with Gasteiger partial charge < -0.3 is 5.32 Å². The van der Waals surface area contributed by atoms with Gasteiger partial charge in [0.25, 0.3) is 0 Å². The normalized spacial score (nSPS) is 13.4. The third kappa shape index (κ3) is 3.64. The lowest BCUT2D eigenvalue weighted by Gasteiger charge is -2.17. The zero-order chi connectivity index (χ0) is 15.5. The van der Waals surface area contributed by atoms with Gasteiger partial charge in [0, 0.05) is 12.2 Å². The van der Waals surface area contributed by atoms with Gasteiger partial charge in [-0.05, 0) is 37.6 Å². The van der Waals surface area contributed by atoms with E-state index in [1.54, 1.807) is 12.1 Å². The molecule has 1 unspecified atom stereocenters. The van der Waals surface area contributed by atoms with Crippen LogP contribution in [0.15, 0.2) is 36.5 Å². The minimum absolute atomic E-state index is 0.0414. The Kier molecular flexibility index (Phi) is 4.67. The molecule has 1 N–H and O–H groups in total. The molecule has 1 aromatic carbocycles. The molecule has 114 valence electrons. The van der Waals surface area contributed by atoms with E-state index in [-0.39, 0.29) is 6.04 Å². The number of hydrogen-bond donors (Lipinski definition) is 1. The number of hydrogen-bond acceptors (Lipinski definition) is 2. The van der Waals surface area contributed by atoms with Gasteiger partial charge in [-0.25, -0.2) is 4.68 Å². The van der Waals surface area contributed by atoms with Gasteiger partial charge in [0.05, 0.1) is 5.69 Å². The summed E-state index contributed by atoms with van der Waals surface area (Å²) in [4.78, 5) is 0. The Bertz CT molecular complexity index is 590. The van der Waals surface area contributed by atoms with Crippen molar-refractivity contribution in [2.24, 2.45) is 0 Å². The van der Waals surface area contributed by atoms with Crippen LogP contribution in [0.5, 0.6) is 0 Å². The van der Waals surface area contributed by atoms with Crippen LogP contribution in [-0.4, -0.2) is 16.3 Å². The van der Waals surface area contributed by atoms with Crippen LogP contribution < -0.4 is 5.32 Å². The van der Waals surface area contributed by atoms with E-state index in [1.807, 2.05) is 19.1 Å². The van der Waals surface area contributed by atoms with E-state index < -0.39 is 11.9 Å². The molecule has 1 atom stereocenters. The zero-order valence-corrected chi connectivity index (χ0v) is 12.0. The van der Waals surface area contributed by atoms with Crippen LogP contribution in [0.3, 0.4) is 0 Å². The number of alkyl halides is 3. The van der Waals surface area contributed by atoms with E-state index in [9.17, 15) is 13.2 Å². The SMILES string of the molecule is CCCNC(C)c1ccccc1-n1ccc(C(F)(F)F)n1. The summed E-state index contributed by atoms with van der Waals surface area (Å²) in [7, 11) is 0. The fourth-order valence-electron chi connectivity index (χ4n) is 2.14. The number of nitrogens with one attached hydrogen (secondary N) is 1. The van der Waals surface area contributed by atoms with Crippen LogP contribution in [0, 0.1) is 0 Å². The quantitative estimate of drug-likeness (QED) is 0.905. The predicted octanol–water partition coefficient (Wildman–Crippen LogP) is 3.95. The molecule has 0 aliphatic rings. The first-order chi connectivity index (χ1) is 9.93. The Balaban J connectivity index is 2.34. The minimum atomic E-state index is -4.42. The Hall–Kier alpha value is -1.82. The first-order valence-electron chi connectivity index (χ1n) is 6.89. The molecule has 0 aliphatic heterocycles. The maximum atomic E-state index is 12.7. The summed E-state index contributed by atoms with van der Waals surface area (Å²) < 4.78 is 39.2. The van der Waals surface area contributed by atoms with Crippen LogP contribution in [0.4, 0.5) is 13.2 Å². The Morgan fingerprint density at radius 2 is 1.95 bits per heavy atom. The van der Waals surface area contributed by atoms with Gasteiger partial charge in [-0.15, -0.1) is 0 Å². The third-order valence-electron chi connectivity index (χ3n) is 3.23. The number of aromatic nitrogens is 2. The summed E-state index contributed by atoms with van der Waals surface area (Å²) in [5.41, 5.74) is 0.693. The maximum absolute atomic E-state index is 12.7. The lowest BCUT2D eigenvalue weighted by atomic mass is 10.1. The predicted molar refractivity (Wildman–Crippen MR) is 75.3 cm³/mol. The van der Waals surface area contributed by atoms with Gasteiger partial charge in [0.15, 0.2) is 5.69 Å². The van der Waals surface area contributed by atoms with Crippen molar-refractivity contribution in [3.05, 3.63) is 47.8 Å². The standard InChI is InChI=1S/C15H18F3N3/c1-3-9-19-11(2)12-6-4-5-7-13(12)21-10-8-14(20-21)15(16,17)18/h4-8,10-11,19H,3,9H2,1-2H3. The second kappa shape index (κ2) is 6.30. The molecule has 0 radical (unpaired) electrons. The molecule has 0 saturated carbocycles. The maximum Gasteiger partial charge on any atom is 0.435 e. The molecule has 1 aromatic heterocycles. The van der Waals surface area contributed by atoms with E-state index in [0.717, 1.165) is 24.6 Å². The molecule has 0 aliphatic carbocycles.